The summed E-state index contributed by atoms with van der Waals surface area (Å²) >= 11 is 0. The zero-order valence-electron chi connectivity index (χ0n) is 10.1. The average Bonchev–Trinajstić information content (AvgIpc) is 2.28. The van der Waals surface area contributed by atoms with Gasteiger partial charge in [-0.2, -0.15) is 0 Å². The minimum absolute atomic E-state index is 0.0271. The van der Waals surface area contributed by atoms with Gasteiger partial charge in [-0.3, -0.25) is 4.79 Å². The second-order valence-electron chi connectivity index (χ2n) is 4.84. The molecule has 1 aromatic carbocycles. The Morgan fingerprint density at radius 3 is 2.65 bits per heavy atom. The van der Waals surface area contributed by atoms with Gasteiger partial charge in [-0.25, -0.2) is 0 Å². The van der Waals surface area contributed by atoms with Crippen LogP contribution in [-0.4, -0.2) is 18.5 Å². The molecule has 1 aromatic rings. The number of benzene rings is 1. The van der Waals surface area contributed by atoms with Crippen molar-refractivity contribution in [3.05, 3.63) is 35.9 Å². The highest BCUT2D eigenvalue weighted by atomic mass is 16.2. The predicted octanol–water partition coefficient (Wildman–Crippen LogP) is 1.47. The first-order valence-corrected chi connectivity index (χ1v) is 6.33. The van der Waals surface area contributed by atoms with Crippen LogP contribution in [0.2, 0.25) is 0 Å². The normalized spacial score (nSPS) is 17.2. The van der Waals surface area contributed by atoms with Crippen molar-refractivity contribution >= 4 is 5.91 Å². The zero-order valence-corrected chi connectivity index (χ0v) is 10.1. The summed E-state index contributed by atoms with van der Waals surface area (Å²) < 4.78 is 0. The van der Waals surface area contributed by atoms with Gasteiger partial charge in [0, 0.05) is 6.54 Å². The highest BCUT2D eigenvalue weighted by Gasteiger charge is 2.20. The predicted molar refractivity (Wildman–Crippen MR) is 68.5 cm³/mol. The van der Waals surface area contributed by atoms with E-state index in [2.05, 4.69) is 5.32 Å². The summed E-state index contributed by atoms with van der Waals surface area (Å²) in [4.78, 5) is 11.8. The number of rotatable bonds is 5. The van der Waals surface area contributed by atoms with Crippen molar-refractivity contribution in [3.63, 3.8) is 0 Å². The number of amides is 1. The number of carbonyl (C=O) groups excluding carboxylic acids is 1. The summed E-state index contributed by atoms with van der Waals surface area (Å²) in [6, 6.07) is 9.46. The van der Waals surface area contributed by atoms with Crippen molar-refractivity contribution in [2.75, 3.05) is 6.54 Å². The zero-order chi connectivity index (χ0) is 12.1. The van der Waals surface area contributed by atoms with Crippen molar-refractivity contribution < 1.29 is 4.79 Å². The lowest BCUT2D eigenvalue weighted by atomic mass is 9.85. The highest BCUT2D eigenvalue weighted by molar-refractivity contribution is 5.81. The van der Waals surface area contributed by atoms with Gasteiger partial charge in [0.2, 0.25) is 5.91 Å². The molecule has 1 saturated carbocycles. The second-order valence-corrected chi connectivity index (χ2v) is 4.84. The molecule has 0 aliphatic heterocycles. The van der Waals surface area contributed by atoms with Gasteiger partial charge in [-0.15, -0.1) is 0 Å². The first-order valence-electron chi connectivity index (χ1n) is 6.33. The smallest absolute Gasteiger partial charge is 0.237 e. The van der Waals surface area contributed by atoms with E-state index in [1.165, 1.54) is 19.3 Å². The van der Waals surface area contributed by atoms with E-state index >= 15 is 0 Å². The van der Waals surface area contributed by atoms with E-state index in [0.29, 0.717) is 12.3 Å². The van der Waals surface area contributed by atoms with Gasteiger partial charge in [0.1, 0.15) is 0 Å². The number of carbonyl (C=O) groups is 1. The fraction of sp³-hybridized carbons (Fsp3) is 0.500. The molecule has 2 rings (SSSR count). The van der Waals surface area contributed by atoms with Gasteiger partial charge in [-0.1, -0.05) is 36.8 Å². The Kier molecular flexibility index (Phi) is 4.15. The SMILES string of the molecule is NC(Cc1ccccc1)C(=O)NCC1CCC1. The molecule has 0 aromatic heterocycles. The number of nitrogens with one attached hydrogen (secondary N) is 1. The summed E-state index contributed by atoms with van der Waals surface area (Å²) in [6.07, 6.45) is 4.40. The number of hydrogen-bond donors (Lipinski definition) is 2. The van der Waals surface area contributed by atoms with E-state index in [4.69, 9.17) is 5.73 Å². The van der Waals surface area contributed by atoms with Gasteiger partial charge >= 0.3 is 0 Å². The maximum Gasteiger partial charge on any atom is 0.237 e. The molecule has 3 heteroatoms. The Morgan fingerprint density at radius 2 is 2.06 bits per heavy atom. The number of nitrogens with two attached hydrogens (primary N) is 1. The molecule has 0 bridgehead atoms. The standard InChI is InChI=1S/C14H20N2O/c15-13(9-11-5-2-1-3-6-11)14(17)16-10-12-7-4-8-12/h1-3,5-6,12-13H,4,7-10,15H2,(H,16,17). The van der Waals surface area contributed by atoms with Gasteiger partial charge in [0.25, 0.3) is 0 Å². The van der Waals surface area contributed by atoms with Crippen molar-refractivity contribution in [1.82, 2.24) is 5.32 Å². The fourth-order valence-corrected chi connectivity index (χ4v) is 2.03. The van der Waals surface area contributed by atoms with Gasteiger partial charge < -0.3 is 11.1 Å². The third-order valence-corrected chi connectivity index (χ3v) is 3.42. The lowest BCUT2D eigenvalue weighted by molar-refractivity contribution is -0.122. The molecule has 17 heavy (non-hydrogen) atoms. The molecule has 1 atom stereocenters. The molecule has 0 spiro atoms. The molecule has 0 heterocycles. The van der Waals surface area contributed by atoms with Crippen LogP contribution in [0, 0.1) is 5.92 Å². The number of hydrogen-bond acceptors (Lipinski definition) is 2. The quantitative estimate of drug-likeness (QED) is 0.807. The fourth-order valence-electron chi connectivity index (χ4n) is 2.03. The van der Waals surface area contributed by atoms with Gasteiger partial charge in [0.05, 0.1) is 6.04 Å². The van der Waals surface area contributed by atoms with E-state index in [1.807, 2.05) is 30.3 Å². The van der Waals surface area contributed by atoms with E-state index in [-0.39, 0.29) is 5.91 Å². The Morgan fingerprint density at radius 1 is 1.35 bits per heavy atom. The molecule has 0 radical (unpaired) electrons. The van der Waals surface area contributed by atoms with Crippen LogP contribution in [0.15, 0.2) is 30.3 Å². The Bertz CT molecular complexity index is 360. The first kappa shape index (κ1) is 12.1. The molecular formula is C14H20N2O. The molecule has 1 aliphatic carbocycles. The maximum atomic E-state index is 11.8. The third-order valence-electron chi connectivity index (χ3n) is 3.42. The molecule has 1 unspecified atom stereocenters. The van der Waals surface area contributed by atoms with E-state index in [1.54, 1.807) is 0 Å². The van der Waals surface area contributed by atoms with Crippen LogP contribution in [0.3, 0.4) is 0 Å². The lowest BCUT2D eigenvalue weighted by Gasteiger charge is -2.26. The largest absolute Gasteiger partial charge is 0.354 e. The van der Waals surface area contributed by atoms with Crippen LogP contribution in [0.4, 0.5) is 0 Å². The third kappa shape index (κ3) is 3.56. The summed E-state index contributed by atoms with van der Waals surface area (Å²) in [5, 5.41) is 2.94. The summed E-state index contributed by atoms with van der Waals surface area (Å²) in [6.45, 7) is 0.793. The van der Waals surface area contributed by atoms with Crippen molar-refractivity contribution in [3.8, 4) is 0 Å². The summed E-state index contributed by atoms with van der Waals surface area (Å²) in [5.74, 6) is 0.656. The molecule has 1 amide bonds. The molecular weight excluding hydrogens is 212 g/mol. The topological polar surface area (TPSA) is 55.1 Å². The minimum atomic E-state index is -0.433. The van der Waals surface area contributed by atoms with Gasteiger partial charge in [-0.05, 0) is 30.7 Å². The van der Waals surface area contributed by atoms with E-state index < -0.39 is 6.04 Å². The second kappa shape index (κ2) is 5.82. The van der Waals surface area contributed by atoms with Crippen LogP contribution in [-0.2, 0) is 11.2 Å². The Balaban J connectivity index is 1.74. The first-order chi connectivity index (χ1) is 8.25. The molecule has 0 saturated heterocycles. The van der Waals surface area contributed by atoms with Gasteiger partial charge in [0.15, 0.2) is 0 Å². The monoisotopic (exact) mass is 232 g/mol. The Hall–Kier alpha value is -1.35. The summed E-state index contributed by atoms with van der Waals surface area (Å²) in [5.41, 5.74) is 6.99. The van der Waals surface area contributed by atoms with Crippen molar-refractivity contribution in [2.45, 2.75) is 31.7 Å². The maximum absolute atomic E-state index is 11.8. The molecule has 3 N–H and O–H groups in total. The average molecular weight is 232 g/mol. The highest BCUT2D eigenvalue weighted by Crippen LogP contribution is 2.25. The van der Waals surface area contributed by atoms with Crippen molar-refractivity contribution in [1.29, 1.82) is 0 Å². The van der Waals surface area contributed by atoms with Crippen LogP contribution < -0.4 is 11.1 Å². The lowest BCUT2D eigenvalue weighted by Crippen LogP contribution is -2.44. The summed E-state index contributed by atoms with van der Waals surface area (Å²) in [7, 11) is 0. The molecule has 3 nitrogen and oxygen atoms in total. The minimum Gasteiger partial charge on any atom is -0.354 e. The van der Waals surface area contributed by atoms with Crippen LogP contribution in [0.25, 0.3) is 0 Å². The molecule has 92 valence electrons. The Labute approximate surface area is 102 Å². The molecule has 1 aliphatic rings. The van der Waals surface area contributed by atoms with E-state index in [0.717, 1.165) is 12.1 Å². The molecule has 1 fully saturated rings. The van der Waals surface area contributed by atoms with Crippen molar-refractivity contribution in [2.24, 2.45) is 11.7 Å². The van der Waals surface area contributed by atoms with Crippen LogP contribution in [0.1, 0.15) is 24.8 Å². The van der Waals surface area contributed by atoms with Crippen LogP contribution >= 0.6 is 0 Å². The van der Waals surface area contributed by atoms with Crippen LogP contribution in [0.5, 0.6) is 0 Å². The van der Waals surface area contributed by atoms with E-state index in [9.17, 15) is 4.79 Å².